The molecule has 8 nitrogen and oxygen atoms in total. The minimum Gasteiger partial charge on any atom is -0.493 e. The van der Waals surface area contributed by atoms with Gasteiger partial charge in [0.05, 0.1) is 26.0 Å². The van der Waals surface area contributed by atoms with Crippen molar-refractivity contribution in [2.45, 2.75) is 26.7 Å². The number of halogens is 1. The van der Waals surface area contributed by atoms with Gasteiger partial charge in [-0.25, -0.2) is 10.2 Å². The average Bonchev–Trinajstić information content (AvgIpc) is 2.88. The highest BCUT2D eigenvalue weighted by molar-refractivity contribution is 9.10. The lowest BCUT2D eigenvalue weighted by Crippen LogP contribution is -2.24. The van der Waals surface area contributed by atoms with Crippen molar-refractivity contribution in [2.75, 3.05) is 20.8 Å². The second-order valence-corrected chi connectivity index (χ2v) is 9.32. The first-order chi connectivity index (χ1) is 17.7. The van der Waals surface area contributed by atoms with E-state index < -0.39 is 11.9 Å². The fourth-order valence-electron chi connectivity index (χ4n) is 3.32. The predicted octanol–water partition coefficient (Wildman–Crippen LogP) is 5.65. The summed E-state index contributed by atoms with van der Waals surface area (Å²) in [5, 5.41) is 4.00. The quantitative estimate of drug-likeness (QED) is 0.147. The summed E-state index contributed by atoms with van der Waals surface area (Å²) in [5.74, 6) is 1.16. The highest BCUT2D eigenvalue weighted by Gasteiger charge is 2.15. The second kappa shape index (κ2) is 12.9. The van der Waals surface area contributed by atoms with Gasteiger partial charge in [-0.2, -0.15) is 5.10 Å². The number of rotatable bonds is 10. The van der Waals surface area contributed by atoms with Gasteiger partial charge in [0.1, 0.15) is 11.5 Å². The molecule has 0 saturated carbocycles. The third-order valence-corrected chi connectivity index (χ3v) is 5.92. The summed E-state index contributed by atoms with van der Waals surface area (Å²) in [5.41, 5.74) is 5.27. The van der Waals surface area contributed by atoms with Crippen molar-refractivity contribution in [1.29, 1.82) is 0 Å². The Kier molecular flexibility index (Phi) is 9.68. The van der Waals surface area contributed by atoms with Crippen molar-refractivity contribution >= 4 is 34.0 Å². The molecule has 0 heterocycles. The topological polar surface area (TPSA) is 95.5 Å². The van der Waals surface area contributed by atoms with Crippen LogP contribution in [0.5, 0.6) is 23.0 Å². The second-order valence-electron chi connectivity index (χ2n) is 8.40. The Bertz CT molecular complexity index is 1310. The molecule has 0 aromatic heterocycles. The van der Waals surface area contributed by atoms with E-state index in [0.717, 1.165) is 15.6 Å². The maximum atomic E-state index is 12.8. The van der Waals surface area contributed by atoms with Crippen molar-refractivity contribution in [2.24, 2.45) is 5.10 Å². The lowest BCUT2D eigenvalue weighted by atomic mass is 10.0. The molecule has 194 valence electrons. The Balaban J connectivity index is 1.65. The molecule has 0 fully saturated rings. The SMILES string of the molecule is COc1ccc(C(=O)Oc2ccc(Br)cc2/C=N\NC(=O)COc2cc(C(C)C)ccc2C)cc1OC. The smallest absolute Gasteiger partial charge is 0.343 e. The molecule has 9 heteroatoms. The van der Waals surface area contributed by atoms with Gasteiger partial charge in [0.25, 0.3) is 5.91 Å². The molecule has 0 radical (unpaired) electrons. The molecule has 0 unspecified atom stereocenters. The van der Waals surface area contributed by atoms with Crippen LogP contribution in [0.1, 0.15) is 46.8 Å². The molecule has 3 aromatic carbocycles. The number of hydrogen-bond donors (Lipinski definition) is 1. The zero-order chi connectivity index (χ0) is 26.9. The van der Waals surface area contributed by atoms with Gasteiger partial charge < -0.3 is 18.9 Å². The Morgan fingerprint density at radius 1 is 0.946 bits per heavy atom. The molecular formula is C28H29BrN2O6. The Morgan fingerprint density at radius 3 is 2.38 bits per heavy atom. The number of ether oxygens (including phenoxy) is 4. The number of benzene rings is 3. The van der Waals surface area contributed by atoms with E-state index in [2.05, 4.69) is 40.3 Å². The zero-order valence-electron chi connectivity index (χ0n) is 21.3. The maximum Gasteiger partial charge on any atom is 0.343 e. The molecule has 0 aliphatic rings. The van der Waals surface area contributed by atoms with Crippen LogP contribution in [0.25, 0.3) is 0 Å². The maximum absolute atomic E-state index is 12.8. The Hall–Kier alpha value is -3.85. The van der Waals surface area contributed by atoms with E-state index in [1.54, 1.807) is 30.3 Å². The van der Waals surface area contributed by atoms with Gasteiger partial charge in [-0.05, 0) is 66.4 Å². The third-order valence-electron chi connectivity index (χ3n) is 5.42. The highest BCUT2D eigenvalue weighted by Crippen LogP contribution is 2.29. The molecule has 1 amide bonds. The van der Waals surface area contributed by atoms with Gasteiger partial charge in [0.2, 0.25) is 0 Å². The van der Waals surface area contributed by atoms with Gasteiger partial charge in [-0.1, -0.05) is 41.9 Å². The fourth-order valence-corrected chi connectivity index (χ4v) is 3.69. The summed E-state index contributed by atoms with van der Waals surface area (Å²) in [7, 11) is 3.00. The summed E-state index contributed by atoms with van der Waals surface area (Å²) >= 11 is 3.40. The lowest BCUT2D eigenvalue weighted by molar-refractivity contribution is -0.123. The van der Waals surface area contributed by atoms with E-state index >= 15 is 0 Å². The molecule has 37 heavy (non-hydrogen) atoms. The van der Waals surface area contributed by atoms with Crippen LogP contribution in [0.2, 0.25) is 0 Å². The van der Waals surface area contributed by atoms with Crippen molar-refractivity contribution in [1.82, 2.24) is 5.43 Å². The zero-order valence-corrected chi connectivity index (χ0v) is 22.9. The number of nitrogens with zero attached hydrogens (tertiary/aromatic N) is 1. The molecule has 0 atom stereocenters. The number of carbonyl (C=O) groups is 2. The molecular weight excluding hydrogens is 540 g/mol. The van der Waals surface area contributed by atoms with Gasteiger partial charge in [0.15, 0.2) is 18.1 Å². The first-order valence-electron chi connectivity index (χ1n) is 11.5. The normalized spacial score (nSPS) is 10.9. The molecule has 0 saturated heterocycles. The molecule has 0 aliphatic carbocycles. The van der Waals surface area contributed by atoms with Gasteiger partial charge in [-0.15, -0.1) is 0 Å². The lowest BCUT2D eigenvalue weighted by Gasteiger charge is -2.12. The molecule has 0 bridgehead atoms. The van der Waals surface area contributed by atoms with E-state index in [1.165, 1.54) is 26.5 Å². The van der Waals surface area contributed by atoms with E-state index in [1.807, 2.05) is 25.1 Å². The predicted molar refractivity (Wildman–Crippen MR) is 145 cm³/mol. The summed E-state index contributed by atoms with van der Waals surface area (Å²) < 4.78 is 22.5. The number of aryl methyl sites for hydroxylation is 1. The average molecular weight is 569 g/mol. The Morgan fingerprint density at radius 2 is 1.68 bits per heavy atom. The standard InChI is InChI=1S/C28H29BrN2O6/c1-17(2)19-7-6-18(3)25(13-19)36-16-27(32)31-30-15-21-12-22(29)9-11-23(21)37-28(33)20-8-10-24(34-4)26(14-20)35-5/h6-15,17H,16H2,1-5H3,(H,31,32)/b30-15-. The molecule has 0 aliphatic heterocycles. The number of nitrogens with one attached hydrogen (secondary N) is 1. The van der Waals surface area contributed by atoms with Crippen molar-refractivity contribution in [3.8, 4) is 23.0 Å². The number of hydrazone groups is 1. The van der Waals surface area contributed by atoms with Crippen LogP contribution in [0.15, 0.2) is 64.2 Å². The fraction of sp³-hybridized carbons (Fsp3) is 0.250. The van der Waals surface area contributed by atoms with E-state index in [4.69, 9.17) is 18.9 Å². The van der Waals surface area contributed by atoms with Gasteiger partial charge in [-0.3, -0.25) is 4.79 Å². The minimum absolute atomic E-state index is 0.195. The van der Waals surface area contributed by atoms with Crippen LogP contribution in [-0.4, -0.2) is 38.9 Å². The van der Waals surface area contributed by atoms with Crippen LogP contribution in [0, 0.1) is 6.92 Å². The minimum atomic E-state index is -0.589. The van der Waals surface area contributed by atoms with Crippen molar-refractivity contribution in [3.05, 3.63) is 81.3 Å². The van der Waals surface area contributed by atoms with E-state index in [0.29, 0.717) is 28.7 Å². The largest absolute Gasteiger partial charge is 0.493 e. The summed E-state index contributed by atoms with van der Waals surface area (Å²) in [4.78, 5) is 25.1. The van der Waals surface area contributed by atoms with Crippen LogP contribution >= 0.6 is 15.9 Å². The van der Waals surface area contributed by atoms with Crippen LogP contribution in [-0.2, 0) is 4.79 Å². The summed E-state index contributed by atoms with van der Waals surface area (Å²) in [6.45, 7) is 5.92. The molecule has 3 aromatic rings. The van der Waals surface area contributed by atoms with Crippen molar-refractivity contribution < 1.29 is 28.5 Å². The highest BCUT2D eigenvalue weighted by atomic mass is 79.9. The molecule has 3 rings (SSSR count). The monoisotopic (exact) mass is 568 g/mol. The number of methoxy groups -OCH3 is 2. The van der Waals surface area contributed by atoms with Crippen LogP contribution < -0.4 is 24.4 Å². The summed E-state index contributed by atoms with van der Waals surface area (Å²) in [6.07, 6.45) is 1.39. The van der Waals surface area contributed by atoms with Crippen LogP contribution in [0.3, 0.4) is 0 Å². The van der Waals surface area contributed by atoms with Crippen LogP contribution in [0.4, 0.5) is 0 Å². The van der Waals surface area contributed by atoms with Gasteiger partial charge >= 0.3 is 5.97 Å². The number of hydrogen-bond acceptors (Lipinski definition) is 7. The molecule has 1 N–H and O–H groups in total. The number of esters is 1. The Labute approximate surface area is 224 Å². The third kappa shape index (κ3) is 7.57. The van der Waals surface area contributed by atoms with Crippen molar-refractivity contribution in [3.63, 3.8) is 0 Å². The number of amides is 1. The molecule has 0 spiro atoms. The van der Waals surface area contributed by atoms with Gasteiger partial charge in [0, 0.05) is 10.0 Å². The number of carbonyl (C=O) groups excluding carboxylic acids is 2. The summed E-state index contributed by atoms with van der Waals surface area (Å²) in [6, 6.07) is 15.8. The van der Waals surface area contributed by atoms with E-state index in [9.17, 15) is 9.59 Å². The van der Waals surface area contributed by atoms with E-state index in [-0.39, 0.29) is 17.9 Å². The first-order valence-corrected chi connectivity index (χ1v) is 12.3. The first kappa shape index (κ1) is 27.7.